The van der Waals surface area contributed by atoms with Crippen LogP contribution in [0, 0.1) is 5.82 Å². The Labute approximate surface area is 144 Å². The van der Waals surface area contributed by atoms with Crippen LogP contribution in [0.5, 0.6) is 0 Å². The van der Waals surface area contributed by atoms with E-state index in [9.17, 15) is 14.0 Å². The average Bonchev–Trinajstić information content (AvgIpc) is 2.98. The van der Waals surface area contributed by atoms with Crippen molar-refractivity contribution in [3.05, 3.63) is 41.3 Å². The van der Waals surface area contributed by atoms with Crippen molar-refractivity contribution < 1.29 is 18.5 Å². The highest BCUT2D eigenvalue weighted by Crippen LogP contribution is 2.19. The molecule has 1 heterocycles. The lowest BCUT2D eigenvalue weighted by Crippen LogP contribution is -2.16. The molecule has 0 saturated carbocycles. The molecule has 2 amide bonds. The van der Waals surface area contributed by atoms with Gasteiger partial charge in [0, 0.05) is 23.9 Å². The molecule has 1 aromatic carbocycles. The maximum absolute atomic E-state index is 13.4. The second kappa shape index (κ2) is 7.42. The molecule has 0 aliphatic rings. The van der Waals surface area contributed by atoms with Gasteiger partial charge in [-0.1, -0.05) is 25.9 Å². The van der Waals surface area contributed by atoms with Crippen LogP contribution in [0.3, 0.4) is 0 Å². The van der Waals surface area contributed by atoms with Crippen LogP contribution in [0.25, 0.3) is 0 Å². The maximum atomic E-state index is 13.4. The molecular weight excluding hydrogens is 327 g/mol. The molecule has 7 nitrogen and oxygen atoms in total. The van der Waals surface area contributed by atoms with Crippen molar-refractivity contribution in [3.63, 3.8) is 0 Å². The van der Waals surface area contributed by atoms with E-state index < -0.39 is 11.7 Å². The molecule has 0 saturated heterocycles. The van der Waals surface area contributed by atoms with Crippen LogP contribution in [0.1, 0.15) is 55.7 Å². The number of carbonyl (C=O) groups excluding carboxylic acids is 2. The summed E-state index contributed by atoms with van der Waals surface area (Å²) in [4.78, 5) is 27.4. The highest BCUT2D eigenvalue weighted by molar-refractivity contribution is 5.96. The average molecular weight is 348 g/mol. The molecule has 0 radical (unpaired) electrons. The molecule has 0 aliphatic heterocycles. The Balaban J connectivity index is 1.86. The summed E-state index contributed by atoms with van der Waals surface area (Å²) in [6.07, 6.45) is 1.21. The third-order valence-corrected chi connectivity index (χ3v) is 3.45. The third kappa shape index (κ3) is 5.10. The zero-order valence-corrected chi connectivity index (χ0v) is 14.4. The number of aryl methyl sites for hydroxylation is 1. The van der Waals surface area contributed by atoms with Crippen molar-refractivity contribution in [1.29, 1.82) is 0 Å². The Morgan fingerprint density at radius 1 is 1.32 bits per heavy atom. The number of amides is 2. The van der Waals surface area contributed by atoms with Gasteiger partial charge >= 0.3 is 0 Å². The molecule has 1 aromatic heterocycles. The fraction of sp³-hybridized carbons (Fsp3) is 0.412. The summed E-state index contributed by atoms with van der Waals surface area (Å²) >= 11 is 0. The van der Waals surface area contributed by atoms with E-state index in [1.54, 1.807) is 0 Å². The van der Waals surface area contributed by atoms with Gasteiger partial charge in [-0.05, 0) is 24.6 Å². The minimum atomic E-state index is -0.889. The summed E-state index contributed by atoms with van der Waals surface area (Å²) in [7, 11) is 0. The van der Waals surface area contributed by atoms with E-state index >= 15 is 0 Å². The SMILES string of the molecule is CC(C)(C)c1noc(CCCC(=O)Nc2ccc(F)c(C(N)=O)c2)n1. The van der Waals surface area contributed by atoms with Gasteiger partial charge in [-0.15, -0.1) is 0 Å². The van der Waals surface area contributed by atoms with Gasteiger partial charge in [0.25, 0.3) is 5.91 Å². The predicted molar refractivity (Wildman–Crippen MR) is 89.5 cm³/mol. The van der Waals surface area contributed by atoms with E-state index in [0.29, 0.717) is 30.2 Å². The van der Waals surface area contributed by atoms with E-state index in [4.69, 9.17) is 10.3 Å². The van der Waals surface area contributed by atoms with E-state index in [1.165, 1.54) is 12.1 Å². The number of primary amides is 1. The molecule has 0 bridgehead atoms. The lowest BCUT2D eigenvalue weighted by Gasteiger charge is -2.10. The highest BCUT2D eigenvalue weighted by Gasteiger charge is 2.20. The van der Waals surface area contributed by atoms with E-state index in [0.717, 1.165) is 6.07 Å². The van der Waals surface area contributed by atoms with Crippen molar-refractivity contribution in [2.24, 2.45) is 5.73 Å². The van der Waals surface area contributed by atoms with Gasteiger partial charge in [-0.3, -0.25) is 9.59 Å². The van der Waals surface area contributed by atoms with Gasteiger partial charge in [-0.2, -0.15) is 4.98 Å². The summed E-state index contributed by atoms with van der Waals surface area (Å²) in [5, 5.41) is 6.52. The molecule has 0 aliphatic carbocycles. The van der Waals surface area contributed by atoms with Crippen molar-refractivity contribution in [3.8, 4) is 0 Å². The smallest absolute Gasteiger partial charge is 0.251 e. The normalized spacial score (nSPS) is 11.4. The first-order valence-electron chi connectivity index (χ1n) is 7.89. The molecule has 2 rings (SSSR count). The molecule has 2 aromatic rings. The van der Waals surface area contributed by atoms with Gasteiger partial charge in [0.1, 0.15) is 5.82 Å². The van der Waals surface area contributed by atoms with E-state index in [2.05, 4.69) is 15.5 Å². The zero-order valence-electron chi connectivity index (χ0n) is 14.4. The fourth-order valence-corrected chi connectivity index (χ4v) is 2.08. The van der Waals surface area contributed by atoms with Crippen molar-refractivity contribution in [1.82, 2.24) is 10.1 Å². The van der Waals surface area contributed by atoms with Crippen molar-refractivity contribution in [2.45, 2.75) is 45.4 Å². The number of halogens is 1. The maximum Gasteiger partial charge on any atom is 0.251 e. The standard InChI is InChI=1S/C17H21FN4O3/c1-17(2,3)16-21-14(25-22-16)6-4-5-13(23)20-10-7-8-12(18)11(9-10)15(19)24/h7-9H,4-6H2,1-3H3,(H2,19,24)(H,20,23). The Morgan fingerprint density at radius 3 is 2.64 bits per heavy atom. The van der Waals surface area contributed by atoms with Crippen LogP contribution in [-0.4, -0.2) is 22.0 Å². The number of aromatic nitrogens is 2. The molecular formula is C17H21FN4O3. The number of hydrogen-bond donors (Lipinski definition) is 2. The van der Waals surface area contributed by atoms with E-state index in [1.807, 2.05) is 20.8 Å². The first-order chi connectivity index (χ1) is 11.7. The summed E-state index contributed by atoms with van der Waals surface area (Å²) in [6.45, 7) is 5.95. The van der Waals surface area contributed by atoms with Crippen LogP contribution < -0.4 is 11.1 Å². The number of anilines is 1. The number of benzene rings is 1. The third-order valence-electron chi connectivity index (χ3n) is 3.45. The molecule has 134 valence electrons. The quantitative estimate of drug-likeness (QED) is 0.833. The summed E-state index contributed by atoms with van der Waals surface area (Å²) < 4.78 is 18.6. The largest absolute Gasteiger partial charge is 0.366 e. The molecule has 8 heteroatoms. The molecule has 0 unspecified atom stereocenters. The monoisotopic (exact) mass is 348 g/mol. The Morgan fingerprint density at radius 2 is 2.04 bits per heavy atom. The second-order valence-corrected chi connectivity index (χ2v) is 6.72. The minimum absolute atomic E-state index is 0.195. The van der Waals surface area contributed by atoms with Gasteiger partial charge in [0.2, 0.25) is 11.8 Å². The zero-order chi connectivity index (χ0) is 18.6. The minimum Gasteiger partial charge on any atom is -0.366 e. The molecule has 0 atom stereocenters. The second-order valence-electron chi connectivity index (χ2n) is 6.72. The van der Waals surface area contributed by atoms with Crippen LogP contribution in [0.2, 0.25) is 0 Å². The number of carbonyl (C=O) groups is 2. The lowest BCUT2D eigenvalue weighted by atomic mass is 9.96. The Kier molecular flexibility index (Phi) is 5.51. The van der Waals surface area contributed by atoms with Gasteiger partial charge in [0.05, 0.1) is 5.56 Å². The lowest BCUT2D eigenvalue weighted by molar-refractivity contribution is -0.116. The van der Waals surface area contributed by atoms with Crippen LogP contribution in [0.15, 0.2) is 22.7 Å². The summed E-state index contributed by atoms with van der Waals surface area (Å²) in [5.41, 5.74) is 4.93. The molecule has 0 fully saturated rings. The molecule has 25 heavy (non-hydrogen) atoms. The van der Waals surface area contributed by atoms with Crippen LogP contribution in [-0.2, 0) is 16.6 Å². The Bertz CT molecular complexity index is 780. The summed E-state index contributed by atoms with van der Waals surface area (Å²) in [6, 6.07) is 3.67. The molecule has 3 N–H and O–H groups in total. The highest BCUT2D eigenvalue weighted by atomic mass is 19.1. The number of nitrogens with zero attached hydrogens (tertiary/aromatic N) is 2. The fourth-order valence-electron chi connectivity index (χ4n) is 2.08. The summed E-state index contributed by atoms with van der Waals surface area (Å²) in [5.74, 6) is -0.776. The van der Waals surface area contributed by atoms with Gasteiger partial charge in [0.15, 0.2) is 5.82 Å². The molecule has 0 spiro atoms. The Hall–Kier alpha value is -2.77. The van der Waals surface area contributed by atoms with Gasteiger partial charge < -0.3 is 15.6 Å². The first kappa shape index (κ1) is 18.6. The van der Waals surface area contributed by atoms with Gasteiger partial charge in [-0.25, -0.2) is 4.39 Å². The number of rotatable bonds is 6. The number of hydrogen-bond acceptors (Lipinski definition) is 5. The van der Waals surface area contributed by atoms with Crippen LogP contribution >= 0.6 is 0 Å². The van der Waals surface area contributed by atoms with Crippen LogP contribution in [0.4, 0.5) is 10.1 Å². The topological polar surface area (TPSA) is 111 Å². The predicted octanol–water partition coefficient (Wildman–Crippen LogP) is 2.57. The van der Waals surface area contributed by atoms with Crippen molar-refractivity contribution in [2.75, 3.05) is 5.32 Å². The number of nitrogens with one attached hydrogen (secondary N) is 1. The number of nitrogens with two attached hydrogens (primary N) is 1. The van der Waals surface area contributed by atoms with Crippen molar-refractivity contribution >= 4 is 17.5 Å². The van der Waals surface area contributed by atoms with E-state index in [-0.39, 0.29) is 23.3 Å². The first-order valence-corrected chi connectivity index (χ1v) is 7.89.